The van der Waals surface area contributed by atoms with Gasteiger partial charge in [-0.15, -0.1) is 0 Å². The van der Waals surface area contributed by atoms with Gasteiger partial charge in [0, 0.05) is 0 Å². The number of aliphatic hydroxyl groups excluding tert-OH is 3. The summed E-state index contributed by atoms with van der Waals surface area (Å²) in [5.74, 6) is 0. The van der Waals surface area contributed by atoms with Gasteiger partial charge in [0.05, 0.1) is 0 Å². The monoisotopic (exact) mass is 253 g/mol. The minimum atomic E-state index is -2.17. The van der Waals surface area contributed by atoms with Crippen molar-refractivity contribution in [2.75, 3.05) is 0 Å². The quantitative estimate of drug-likeness (QED) is 0.249. The molecule has 6 N–H and O–H groups in total. The lowest BCUT2D eigenvalue weighted by atomic mass is 10.2. The molecule has 0 fully saturated rings. The van der Waals surface area contributed by atoms with E-state index in [-0.39, 0.29) is 0 Å². The molecule has 0 radical (unpaired) electrons. The number of aliphatic hydroxyl groups is 3. The van der Waals surface area contributed by atoms with Crippen molar-refractivity contribution in [3.8, 4) is 0 Å². The molecule has 0 amide bonds. The molecule has 0 aliphatic carbocycles. The third-order valence-corrected chi connectivity index (χ3v) is 2.13. The van der Waals surface area contributed by atoms with E-state index < -0.39 is 26.0 Å². The fourth-order valence-corrected chi connectivity index (χ4v) is 1.23. The maximum Gasteiger partial charge on any atom is 0.631 e. The van der Waals surface area contributed by atoms with Crippen LogP contribution < -0.4 is 0 Å². The van der Waals surface area contributed by atoms with Gasteiger partial charge in [0.15, 0.2) is 0 Å². The van der Waals surface area contributed by atoms with Gasteiger partial charge in [0.25, 0.3) is 0 Å². The standard InChI is InChI=1S/C9H21NO3.BH3O3/c1-4-7(11)10(8(12)5-2)9(13)6-3;2-1(3)4/h7-9,11-13H,4-6H2,1-3H3;2-4H. The predicted octanol–water partition coefficient (Wildman–Crippen LogP) is -1.58. The summed E-state index contributed by atoms with van der Waals surface area (Å²) in [7, 11) is -2.17. The maximum absolute atomic E-state index is 9.53. The lowest BCUT2D eigenvalue weighted by Gasteiger charge is -2.34. The molecule has 3 atom stereocenters. The highest BCUT2D eigenvalue weighted by atomic mass is 16.5. The molecule has 0 spiro atoms. The Morgan fingerprint density at radius 3 is 1.06 bits per heavy atom. The Morgan fingerprint density at radius 1 is 0.765 bits per heavy atom. The van der Waals surface area contributed by atoms with Crippen molar-refractivity contribution in [2.45, 2.75) is 58.7 Å². The second-order valence-electron chi connectivity index (χ2n) is 3.46. The molecule has 8 heteroatoms. The molecule has 0 heterocycles. The molecular formula is C9H24BNO6. The first kappa shape index (κ1) is 19.1. The summed E-state index contributed by atoms with van der Waals surface area (Å²) in [4.78, 5) is 1.33. The molecular weight excluding hydrogens is 229 g/mol. The van der Waals surface area contributed by atoms with Crippen LogP contribution in [0, 0.1) is 0 Å². The Kier molecular flexibility index (Phi) is 12.3. The molecule has 0 aromatic carbocycles. The highest BCUT2D eigenvalue weighted by molar-refractivity contribution is 6.30. The molecule has 3 unspecified atom stereocenters. The zero-order chi connectivity index (χ0) is 14.0. The van der Waals surface area contributed by atoms with Crippen LogP contribution in [0.5, 0.6) is 0 Å². The number of hydrogen-bond acceptors (Lipinski definition) is 7. The van der Waals surface area contributed by atoms with Crippen LogP contribution in [0.2, 0.25) is 0 Å². The van der Waals surface area contributed by atoms with Crippen LogP contribution in [0.15, 0.2) is 0 Å². The molecule has 104 valence electrons. The van der Waals surface area contributed by atoms with Crippen LogP contribution in [0.3, 0.4) is 0 Å². The van der Waals surface area contributed by atoms with Crippen molar-refractivity contribution in [3.05, 3.63) is 0 Å². The molecule has 0 saturated heterocycles. The number of hydrogen-bond donors (Lipinski definition) is 6. The van der Waals surface area contributed by atoms with Crippen LogP contribution >= 0.6 is 0 Å². The highest BCUT2D eigenvalue weighted by Crippen LogP contribution is 2.13. The van der Waals surface area contributed by atoms with Gasteiger partial charge in [0.1, 0.15) is 18.7 Å². The van der Waals surface area contributed by atoms with Gasteiger partial charge in [0.2, 0.25) is 0 Å². The Hall–Kier alpha value is -0.215. The normalized spacial score (nSPS) is 15.9. The molecule has 0 rings (SSSR count). The van der Waals surface area contributed by atoms with Gasteiger partial charge in [-0.05, 0) is 19.3 Å². The molecule has 0 aromatic rings. The van der Waals surface area contributed by atoms with Crippen LogP contribution in [0.1, 0.15) is 40.0 Å². The Labute approximate surface area is 102 Å². The Morgan fingerprint density at radius 2 is 0.941 bits per heavy atom. The lowest BCUT2D eigenvalue weighted by Crippen LogP contribution is -2.49. The summed E-state index contributed by atoms with van der Waals surface area (Å²) in [5, 5.41) is 50.1. The molecule has 7 nitrogen and oxygen atoms in total. The fraction of sp³-hybridized carbons (Fsp3) is 1.00. The van der Waals surface area contributed by atoms with Crippen molar-refractivity contribution in [1.82, 2.24) is 4.90 Å². The van der Waals surface area contributed by atoms with E-state index in [1.165, 1.54) is 4.90 Å². The first-order valence-electron chi connectivity index (χ1n) is 5.67. The minimum Gasteiger partial charge on any atom is -0.402 e. The van der Waals surface area contributed by atoms with Crippen molar-refractivity contribution < 1.29 is 30.4 Å². The SMILES string of the molecule is CCC(O)N(C(O)CC)C(O)CC.OB(O)O. The Bertz CT molecular complexity index is 147. The van der Waals surface area contributed by atoms with E-state index in [1.807, 2.05) is 20.8 Å². The highest BCUT2D eigenvalue weighted by Gasteiger charge is 2.26. The third-order valence-electron chi connectivity index (χ3n) is 2.13. The van der Waals surface area contributed by atoms with E-state index in [0.29, 0.717) is 19.3 Å². The van der Waals surface area contributed by atoms with E-state index in [4.69, 9.17) is 15.1 Å². The van der Waals surface area contributed by atoms with E-state index in [1.54, 1.807) is 0 Å². The molecule has 17 heavy (non-hydrogen) atoms. The smallest absolute Gasteiger partial charge is 0.402 e. The van der Waals surface area contributed by atoms with Crippen LogP contribution in [0.25, 0.3) is 0 Å². The minimum absolute atomic E-state index is 0.494. The summed E-state index contributed by atoms with van der Waals surface area (Å²) >= 11 is 0. The van der Waals surface area contributed by atoms with Crippen LogP contribution in [-0.4, -0.2) is 61.3 Å². The summed E-state index contributed by atoms with van der Waals surface area (Å²) < 4.78 is 0. The van der Waals surface area contributed by atoms with E-state index in [0.717, 1.165) is 0 Å². The van der Waals surface area contributed by atoms with E-state index in [2.05, 4.69) is 0 Å². The van der Waals surface area contributed by atoms with Crippen molar-refractivity contribution in [3.63, 3.8) is 0 Å². The van der Waals surface area contributed by atoms with Crippen molar-refractivity contribution in [2.24, 2.45) is 0 Å². The van der Waals surface area contributed by atoms with Gasteiger partial charge in [-0.3, -0.25) is 0 Å². The zero-order valence-electron chi connectivity index (χ0n) is 10.6. The molecule has 0 aliphatic heterocycles. The summed E-state index contributed by atoms with van der Waals surface area (Å²) in [5.41, 5.74) is 0. The largest absolute Gasteiger partial charge is 0.631 e. The average molecular weight is 253 g/mol. The molecule has 0 aromatic heterocycles. The number of rotatable bonds is 6. The van der Waals surface area contributed by atoms with Gasteiger partial charge in [-0.1, -0.05) is 20.8 Å². The van der Waals surface area contributed by atoms with E-state index >= 15 is 0 Å². The van der Waals surface area contributed by atoms with Crippen LogP contribution in [0.4, 0.5) is 0 Å². The summed E-state index contributed by atoms with van der Waals surface area (Å²) in [6.07, 6.45) is -0.837. The van der Waals surface area contributed by atoms with Gasteiger partial charge < -0.3 is 30.4 Å². The number of nitrogens with zero attached hydrogens (tertiary/aromatic N) is 1. The predicted molar refractivity (Wildman–Crippen MR) is 63.1 cm³/mol. The molecule has 0 saturated carbocycles. The topological polar surface area (TPSA) is 125 Å². The van der Waals surface area contributed by atoms with Gasteiger partial charge in [-0.25, -0.2) is 4.90 Å². The second-order valence-corrected chi connectivity index (χ2v) is 3.46. The van der Waals surface area contributed by atoms with Crippen LogP contribution in [-0.2, 0) is 0 Å². The fourth-order valence-electron chi connectivity index (χ4n) is 1.23. The summed E-state index contributed by atoms with van der Waals surface area (Å²) in [6.45, 7) is 5.42. The molecule has 0 aliphatic rings. The van der Waals surface area contributed by atoms with E-state index in [9.17, 15) is 15.3 Å². The van der Waals surface area contributed by atoms with Crippen molar-refractivity contribution >= 4 is 7.32 Å². The summed E-state index contributed by atoms with van der Waals surface area (Å²) in [6, 6.07) is 0. The second kappa shape index (κ2) is 10.9. The van der Waals surface area contributed by atoms with Gasteiger partial charge >= 0.3 is 7.32 Å². The molecule has 0 bridgehead atoms. The first-order chi connectivity index (χ1) is 7.81. The Balaban J connectivity index is 0. The van der Waals surface area contributed by atoms with Gasteiger partial charge in [-0.2, -0.15) is 0 Å². The first-order valence-corrected chi connectivity index (χ1v) is 5.67. The lowest BCUT2D eigenvalue weighted by molar-refractivity contribution is -0.180. The third kappa shape index (κ3) is 9.48. The average Bonchev–Trinajstić information content (AvgIpc) is 2.27. The zero-order valence-corrected chi connectivity index (χ0v) is 10.6. The van der Waals surface area contributed by atoms with Crippen molar-refractivity contribution in [1.29, 1.82) is 0 Å². The maximum atomic E-state index is 9.53.